The molecule has 0 aliphatic rings. The van der Waals surface area contributed by atoms with Crippen LogP contribution >= 0.6 is 0 Å². The Morgan fingerprint density at radius 1 is 1.29 bits per heavy atom. The fraction of sp³-hybridized carbons (Fsp3) is 0.167. The van der Waals surface area contributed by atoms with Crippen molar-refractivity contribution in [3.63, 3.8) is 0 Å². The third-order valence-corrected chi connectivity index (χ3v) is 2.37. The van der Waals surface area contributed by atoms with Gasteiger partial charge in [0.15, 0.2) is 0 Å². The number of carboxylic acid groups (broad SMARTS) is 1. The lowest BCUT2D eigenvalue weighted by Gasteiger charge is -2.01. The van der Waals surface area contributed by atoms with Crippen molar-refractivity contribution in [3.8, 4) is 0 Å². The van der Waals surface area contributed by atoms with Crippen molar-refractivity contribution in [2.75, 3.05) is 0 Å². The van der Waals surface area contributed by atoms with E-state index >= 15 is 0 Å². The van der Waals surface area contributed by atoms with E-state index in [0.717, 1.165) is 5.56 Å². The molecule has 5 heteroatoms. The molecule has 2 N–H and O–H groups in total. The molecule has 0 radical (unpaired) electrons. The maximum atomic E-state index is 11.6. The molecule has 0 bridgehead atoms. The summed E-state index contributed by atoms with van der Waals surface area (Å²) in [5.41, 5.74) is 1.18. The molecule has 0 saturated heterocycles. The molecule has 1 aromatic carbocycles. The third kappa shape index (κ3) is 2.84. The number of hydrogen-bond acceptors (Lipinski definition) is 2. The van der Waals surface area contributed by atoms with Crippen LogP contribution in [-0.4, -0.2) is 20.9 Å². The van der Waals surface area contributed by atoms with E-state index in [0.29, 0.717) is 12.2 Å². The molecule has 1 aromatic heterocycles. The number of aliphatic carboxylic acids is 1. The second-order valence-electron chi connectivity index (χ2n) is 3.76. The first kappa shape index (κ1) is 11.2. The highest BCUT2D eigenvalue weighted by Gasteiger charge is 2.06. The molecule has 0 aliphatic heterocycles. The van der Waals surface area contributed by atoms with Crippen LogP contribution in [0.4, 0.5) is 0 Å². The van der Waals surface area contributed by atoms with Crippen LogP contribution in [0.3, 0.4) is 0 Å². The molecule has 1 heterocycles. The molecular weight excluding hydrogens is 220 g/mol. The maximum absolute atomic E-state index is 11.6. The average Bonchev–Trinajstić information content (AvgIpc) is 2.59. The smallest absolute Gasteiger partial charge is 0.309 e. The molecule has 0 saturated carbocycles. The number of aromatic nitrogens is 2. The summed E-state index contributed by atoms with van der Waals surface area (Å²) in [5.74, 6) is -0.960. The molecule has 0 aliphatic carbocycles. The summed E-state index contributed by atoms with van der Waals surface area (Å²) in [6.45, 7) is 0.416. The fourth-order valence-electron chi connectivity index (χ4n) is 1.62. The number of hydrogen-bond donors (Lipinski definition) is 2. The van der Waals surface area contributed by atoms with Gasteiger partial charge in [-0.25, -0.2) is 4.68 Å². The van der Waals surface area contributed by atoms with Crippen molar-refractivity contribution in [2.24, 2.45) is 0 Å². The second kappa shape index (κ2) is 4.69. The molecule has 17 heavy (non-hydrogen) atoms. The zero-order valence-electron chi connectivity index (χ0n) is 9.09. The van der Waals surface area contributed by atoms with Crippen LogP contribution < -0.4 is 5.56 Å². The van der Waals surface area contributed by atoms with Gasteiger partial charge < -0.3 is 5.11 Å². The van der Waals surface area contributed by atoms with Gasteiger partial charge in [0.05, 0.1) is 13.0 Å². The topological polar surface area (TPSA) is 75.1 Å². The quantitative estimate of drug-likeness (QED) is 0.820. The summed E-state index contributed by atoms with van der Waals surface area (Å²) < 4.78 is 1.40. The van der Waals surface area contributed by atoms with Gasteiger partial charge in [-0.15, -0.1) is 0 Å². The lowest BCUT2D eigenvalue weighted by Crippen LogP contribution is -2.16. The second-order valence-corrected chi connectivity index (χ2v) is 3.76. The van der Waals surface area contributed by atoms with Gasteiger partial charge in [-0.05, 0) is 5.56 Å². The van der Waals surface area contributed by atoms with Crippen LogP contribution in [0.5, 0.6) is 0 Å². The van der Waals surface area contributed by atoms with Crippen molar-refractivity contribution in [1.29, 1.82) is 0 Å². The van der Waals surface area contributed by atoms with E-state index in [4.69, 9.17) is 5.11 Å². The fourth-order valence-corrected chi connectivity index (χ4v) is 1.62. The van der Waals surface area contributed by atoms with Crippen LogP contribution in [0.2, 0.25) is 0 Å². The van der Waals surface area contributed by atoms with E-state index in [2.05, 4.69) is 5.10 Å². The van der Waals surface area contributed by atoms with Crippen molar-refractivity contribution >= 4 is 5.97 Å². The Kier molecular flexibility index (Phi) is 3.09. The average molecular weight is 232 g/mol. The van der Waals surface area contributed by atoms with E-state index in [-0.39, 0.29) is 12.0 Å². The van der Waals surface area contributed by atoms with Gasteiger partial charge in [0, 0.05) is 11.8 Å². The Bertz CT molecular complexity index is 569. The van der Waals surface area contributed by atoms with Crippen LogP contribution in [0.1, 0.15) is 11.3 Å². The maximum Gasteiger partial charge on any atom is 0.309 e. The SMILES string of the molecule is O=C(O)Cc1cc(=O)n(Cc2ccccc2)[nH]1. The van der Waals surface area contributed by atoms with Gasteiger partial charge in [0.25, 0.3) is 5.56 Å². The number of nitrogens with one attached hydrogen (secondary N) is 1. The minimum absolute atomic E-state index is 0.170. The lowest BCUT2D eigenvalue weighted by atomic mass is 10.2. The molecule has 2 aromatic rings. The van der Waals surface area contributed by atoms with Gasteiger partial charge in [-0.2, -0.15) is 0 Å². The summed E-state index contributed by atoms with van der Waals surface area (Å²) in [6, 6.07) is 10.8. The van der Waals surface area contributed by atoms with Gasteiger partial charge in [-0.1, -0.05) is 30.3 Å². The number of nitrogens with zero attached hydrogens (tertiary/aromatic N) is 1. The van der Waals surface area contributed by atoms with E-state index in [1.165, 1.54) is 10.7 Å². The molecule has 0 amide bonds. The van der Waals surface area contributed by atoms with Crippen molar-refractivity contribution in [2.45, 2.75) is 13.0 Å². The van der Waals surface area contributed by atoms with Crippen molar-refractivity contribution in [3.05, 3.63) is 58.0 Å². The first-order valence-electron chi connectivity index (χ1n) is 5.19. The number of benzene rings is 1. The molecule has 2 rings (SSSR count). The Labute approximate surface area is 97.3 Å². The van der Waals surface area contributed by atoms with Crippen LogP contribution in [-0.2, 0) is 17.8 Å². The first-order valence-corrected chi connectivity index (χ1v) is 5.19. The van der Waals surface area contributed by atoms with Crippen LogP contribution in [0.25, 0.3) is 0 Å². The Balaban J connectivity index is 2.19. The van der Waals surface area contributed by atoms with Crippen LogP contribution in [0.15, 0.2) is 41.2 Å². The van der Waals surface area contributed by atoms with E-state index in [1.54, 1.807) is 0 Å². The summed E-state index contributed by atoms with van der Waals surface area (Å²) in [6.07, 6.45) is -0.170. The first-order chi connectivity index (χ1) is 8.15. The zero-order valence-corrected chi connectivity index (χ0v) is 9.09. The van der Waals surface area contributed by atoms with Crippen LogP contribution in [0, 0.1) is 0 Å². The highest BCUT2D eigenvalue weighted by Crippen LogP contribution is 2.00. The Morgan fingerprint density at radius 3 is 2.65 bits per heavy atom. The monoisotopic (exact) mass is 232 g/mol. The standard InChI is InChI=1S/C12H12N2O3/c15-11-6-10(7-12(16)17)13-14(11)8-9-4-2-1-3-5-9/h1-6,13H,7-8H2,(H,16,17). The predicted molar refractivity (Wildman–Crippen MR) is 61.9 cm³/mol. The summed E-state index contributed by atoms with van der Waals surface area (Å²) in [5, 5.41) is 11.4. The molecule has 88 valence electrons. The van der Waals surface area contributed by atoms with Gasteiger partial charge in [0.1, 0.15) is 0 Å². The Morgan fingerprint density at radius 2 is 2.00 bits per heavy atom. The van der Waals surface area contributed by atoms with Gasteiger partial charge in [0.2, 0.25) is 0 Å². The zero-order chi connectivity index (χ0) is 12.3. The summed E-state index contributed by atoms with van der Waals surface area (Å²) >= 11 is 0. The molecule has 5 nitrogen and oxygen atoms in total. The molecule has 0 unspecified atom stereocenters. The van der Waals surface area contributed by atoms with Crippen molar-refractivity contribution < 1.29 is 9.90 Å². The number of carbonyl (C=O) groups is 1. The van der Waals surface area contributed by atoms with Gasteiger partial charge >= 0.3 is 5.97 Å². The minimum Gasteiger partial charge on any atom is -0.481 e. The van der Waals surface area contributed by atoms with E-state index in [9.17, 15) is 9.59 Å². The minimum atomic E-state index is -0.960. The number of carboxylic acids is 1. The molecular formula is C12H12N2O3. The summed E-state index contributed by atoms with van der Waals surface area (Å²) in [4.78, 5) is 22.1. The highest BCUT2D eigenvalue weighted by molar-refractivity contribution is 5.69. The molecule has 0 fully saturated rings. The summed E-state index contributed by atoms with van der Waals surface area (Å²) in [7, 11) is 0. The number of rotatable bonds is 4. The number of aromatic amines is 1. The lowest BCUT2D eigenvalue weighted by molar-refractivity contribution is -0.136. The van der Waals surface area contributed by atoms with Crippen molar-refractivity contribution in [1.82, 2.24) is 9.78 Å². The normalized spacial score (nSPS) is 10.4. The predicted octanol–water partition coefficient (Wildman–Crippen LogP) is 0.852. The highest BCUT2D eigenvalue weighted by atomic mass is 16.4. The van der Waals surface area contributed by atoms with E-state index in [1.807, 2.05) is 30.3 Å². The Hall–Kier alpha value is -2.30. The third-order valence-electron chi connectivity index (χ3n) is 2.37. The molecule has 0 spiro atoms. The van der Waals surface area contributed by atoms with E-state index < -0.39 is 5.97 Å². The molecule has 0 atom stereocenters. The largest absolute Gasteiger partial charge is 0.481 e. The van der Waals surface area contributed by atoms with Gasteiger partial charge in [-0.3, -0.25) is 14.7 Å². The number of H-pyrrole nitrogens is 1.